The van der Waals surface area contributed by atoms with E-state index in [1.807, 2.05) is 42.5 Å². The molecule has 0 aromatic heterocycles. The van der Waals surface area contributed by atoms with Crippen LogP contribution in [0.3, 0.4) is 0 Å². The minimum Gasteiger partial charge on any atom is -0.504 e. The lowest BCUT2D eigenvalue weighted by Crippen LogP contribution is -2.09. The summed E-state index contributed by atoms with van der Waals surface area (Å²) in [6, 6.07) is 23.2. The zero-order valence-corrected chi connectivity index (χ0v) is 16.7. The number of fused-ring (bicyclic) bond motifs is 8. The van der Waals surface area contributed by atoms with Crippen LogP contribution < -0.4 is 4.74 Å². The molecule has 4 bridgehead atoms. The molecule has 1 atom stereocenters. The van der Waals surface area contributed by atoms with Crippen molar-refractivity contribution in [1.82, 2.24) is 0 Å². The second kappa shape index (κ2) is 9.05. The van der Waals surface area contributed by atoms with Gasteiger partial charge in [0.05, 0.1) is 6.61 Å². The van der Waals surface area contributed by atoms with Crippen molar-refractivity contribution in [2.75, 3.05) is 6.61 Å². The smallest absolute Gasteiger partial charge is 0.306 e. The fourth-order valence-electron chi connectivity index (χ4n) is 3.23. The Labute approximate surface area is 174 Å². The number of hydrogen-bond acceptors (Lipinski definition) is 5. The summed E-state index contributed by atoms with van der Waals surface area (Å²) in [5, 5.41) is 10.3. The number of carbonyl (C=O) groups is 1. The summed E-state index contributed by atoms with van der Waals surface area (Å²) in [5.74, 6) is 0.899. The van der Waals surface area contributed by atoms with Crippen LogP contribution in [0.15, 0.2) is 77.7 Å². The third-order valence-corrected chi connectivity index (χ3v) is 6.12. The van der Waals surface area contributed by atoms with Crippen molar-refractivity contribution in [3.63, 3.8) is 0 Å². The maximum absolute atomic E-state index is 12.2. The Hall–Kier alpha value is -2.92. The van der Waals surface area contributed by atoms with Crippen LogP contribution in [-0.2, 0) is 16.0 Å². The zero-order chi connectivity index (χ0) is 20.1. The van der Waals surface area contributed by atoms with Crippen molar-refractivity contribution in [1.29, 1.82) is 0 Å². The van der Waals surface area contributed by atoms with Gasteiger partial charge in [-0.05, 0) is 60.4 Å². The highest BCUT2D eigenvalue weighted by molar-refractivity contribution is 7.99. The summed E-state index contributed by atoms with van der Waals surface area (Å²) in [5.41, 5.74) is 2.05. The van der Waals surface area contributed by atoms with Gasteiger partial charge in [0.25, 0.3) is 0 Å². The summed E-state index contributed by atoms with van der Waals surface area (Å²) in [4.78, 5) is 13.3. The van der Waals surface area contributed by atoms with Gasteiger partial charge in [-0.25, -0.2) is 0 Å². The number of benzene rings is 3. The summed E-state index contributed by atoms with van der Waals surface area (Å²) < 4.78 is 11.4. The van der Waals surface area contributed by atoms with E-state index in [-0.39, 0.29) is 17.0 Å². The average molecular weight is 407 g/mol. The van der Waals surface area contributed by atoms with Crippen LogP contribution in [-0.4, -0.2) is 17.7 Å². The molecule has 0 spiro atoms. The summed E-state index contributed by atoms with van der Waals surface area (Å²) >= 11 is 1.75. The third kappa shape index (κ3) is 5.12. The van der Waals surface area contributed by atoms with Crippen LogP contribution in [0.25, 0.3) is 0 Å². The SMILES string of the molecule is O=C1CCc2ccc(O)c(c2)Oc2ccc(cc2)C(Sc2ccccc2)CCO1. The highest BCUT2D eigenvalue weighted by Crippen LogP contribution is 2.39. The van der Waals surface area contributed by atoms with Gasteiger partial charge in [0, 0.05) is 16.6 Å². The van der Waals surface area contributed by atoms with Crippen molar-refractivity contribution in [2.45, 2.75) is 29.4 Å². The number of ether oxygens (including phenoxy) is 2. The van der Waals surface area contributed by atoms with Crippen LogP contribution in [0, 0.1) is 0 Å². The molecule has 148 valence electrons. The Bertz CT molecular complexity index is 970. The number of thioether (sulfide) groups is 1. The fraction of sp³-hybridized carbons (Fsp3) is 0.208. The summed E-state index contributed by atoms with van der Waals surface area (Å²) in [6.07, 6.45) is 1.56. The van der Waals surface area contributed by atoms with Crippen molar-refractivity contribution in [3.8, 4) is 17.2 Å². The maximum Gasteiger partial charge on any atom is 0.306 e. The molecule has 0 aliphatic carbocycles. The molecular weight excluding hydrogens is 384 g/mol. The average Bonchev–Trinajstić information content (AvgIpc) is 2.75. The molecule has 0 saturated carbocycles. The molecule has 5 rings (SSSR count). The fourth-order valence-corrected chi connectivity index (χ4v) is 4.38. The first-order valence-electron chi connectivity index (χ1n) is 9.64. The molecule has 0 radical (unpaired) electrons. The Balaban J connectivity index is 1.62. The maximum atomic E-state index is 12.2. The Morgan fingerprint density at radius 1 is 0.931 bits per heavy atom. The molecule has 3 aromatic carbocycles. The molecule has 5 heteroatoms. The number of esters is 1. The molecule has 2 aliphatic rings. The van der Waals surface area contributed by atoms with Crippen LogP contribution in [0.5, 0.6) is 17.2 Å². The largest absolute Gasteiger partial charge is 0.504 e. The monoisotopic (exact) mass is 406 g/mol. The van der Waals surface area contributed by atoms with Crippen molar-refractivity contribution in [3.05, 3.63) is 83.9 Å². The van der Waals surface area contributed by atoms with E-state index >= 15 is 0 Å². The second-order valence-corrected chi connectivity index (χ2v) is 8.18. The van der Waals surface area contributed by atoms with Gasteiger partial charge in [-0.3, -0.25) is 4.79 Å². The van der Waals surface area contributed by atoms with E-state index in [1.54, 1.807) is 30.0 Å². The Kier molecular flexibility index (Phi) is 6.06. The standard InChI is InChI=1S/C24H22O4S/c25-21-12-6-17-7-13-24(26)27-15-14-23(29-20-4-2-1-3-5-20)18-8-10-19(11-9-18)28-22(21)16-17/h1-6,8-12,16,23,25H,7,13-15H2. The number of carbonyl (C=O) groups excluding carboxylic acids is 1. The number of hydrogen-bond donors (Lipinski definition) is 1. The first kappa shape index (κ1) is 19.4. The molecule has 3 aromatic rings. The van der Waals surface area contributed by atoms with E-state index in [0.717, 1.165) is 17.5 Å². The summed E-state index contributed by atoms with van der Waals surface area (Å²) in [6.45, 7) is 0.377. The van der Waals surface area contributed by atoms with Gasteiger partial charge in [-0.1, -0.05) is 36.4 Å². The second-order valence-electron chi connectivity index (χ2n) is 6.90. The van der Waals surface area contributed by atoms with E-state index in [9.17, 15) is 9.90 Å². The lowest BCUT2D eigenvalue weighted by Gasteiger charge is -2.18. The van der Waals surface area contributed by atoms with Gasteiger partial charge < -0.3 is 14.6 Å². The van der Waals surface area contributed by atoms with Crippen molar-refractivity contribution in [2.24, 2.45) is 0 Å². The molecule has 29 heavy (non-hydrogen) atoms. The van der Waals surface area contributed by atoms with Gasteiger partial charge in [0.1, 0.15) is 5.75 Å². The summed E-state index contributed by atoms with van der Waals surface area (Å²) in [7, 11) is 0. The van der Waals surface area contributed by atoms with Gasteiger partial charge in [-0.15, -0.1) is 11.8 Å². The third-order valence-electron chi connectivity index (χ3n) is 4.79. The number of phenols is 1. The minimum absolute atomic E-state index is 0.0715. The normalized spacial score (nSPS) is 17.0. The molecular formula is C24H22O4S. The van der Waals surface area contributed by atoms with Gasteiger partial charge in [0.2, 0.25) is 0 Å². The molecule has 4 nitrogen and oxygen atoms in total. The molecule has 0 saturated heterocycles. The van der Waals surface area contributed by atoms with Crippen molar-refractivity contribution < 1.29 is 19.4 Å². The van der Waals surface area contributed by atoms with Crippen LogP contribution in [0.1, 0.15) is 29.2 Å². The zero-order valence-electron chi connectivity index (χ0n) is 15.9. The first-order valence-corrected chi connectivity index (χ1v) is 10.5. The number of aryl methyl sites for hydroxylation is 1. The van der Waals surface area contributed by atoms with E-state index in [0.29, 0.717) is 30.9 Å². The first-order chi connectivity index (χ1) is 14.2. The minimum atomic E-state index is -0.214. The highest BCUT2D eigenvalue weighted by Gasteiger charge is 2.16. The van der Waals surface area contributed by atoms with Crippen LogP contribution in [0.2, 0.25) is 0 Å². The lowest BCUT2D eigenvalue weighted by atomic mass is 10.1. The van der Waals surface area contributed by atoms with E-state index in [2.05, 4.69) is 12.1 Å². The molecule has 2 aliphatic heterocycles. The Morgan fingerprint density at radius 3 is 2.52 bits per heavy atom. The lowest BCUT2D eigenvalue weighted by molar-refractivity contribution is -0.143. The van der Waals surface area contributed by atoms with Crippen molar-refractivity contribution >= 4 is 17.7 Å². The number of phenolic OH excluding ortho intramolecular Hbond substituents is 1. The molecule has 0 fully saturated rings. The predicted octanol–water partition coefficient (Wildman–Crippen LogP) is 5.90. The van der Waals surface area contributed by atoms with Crippen LogP contribution >= 0.6 is 11.8 Å². The number of rotatable bonds is 2. The van der Waals surface area contributed by atoms with E-state index in [4.69, 9.17) is 9.47 Å². The van der Waals surface area contributed by atoms with E-state index < -0.39 is 0 Å². The van der Waals surface area contributed by atoms with Gasteiger partial charge in [-0.2, -0.15) is 0 Å². The molecule has 0 amide bonds. The van der Waals surface area contributed by atoms with Gasteiger partial charge >= 0.3 is 5.97 Å². The highest BCUT2D eigenvalue weighted by atomic mass is 32.2. The van der Waals surface area contributed by atoms with Gasteiger partial charge in [0.15, 0.2) is 11.5 Å². The van der Waals surface area contributed by atoms with Crippen LogP contribution in [0.4, 0.5) is 0 Å². The predicted molar refractivity (Wildman–Crippen MR) is 114 cm³/mol. The molecule has 1 unspecified atom stereocenters. The van der Waals surface area contributed by atoms with E-state index in [1.165, 1.54) is 4.90 Å². The molecule has 2 heterocycles. The Morgan fingerprint density at radius 2 is 1.72 bits per heavy atom. The quantitative estimate of drug-likeness (QED) is 0.537. The molecule has 1 N–H and O–H groups in total. The topological polar surface area (TPSA) is 55.8 Å². The number of aromatic hydroxyl groups is 1.